The Morgan fingerprint density at radius 1 is 1.35 bits per heavy atom. The number of nitrogens with one attached hydrogen (secondary N) is 1. The van der Waals surface area contributed by atoms with E-state index in [0.717, 1.165) is 19.3 Å². The molecule has 0 saturated heterocycles. The quantitative estimate of drug-likeness (QED) is 0.892. The van der Waals surface area contributed by atoms with Crippen LogP contribution in [0, 0.1) is 6.92 Å². The Morgan fingerprint density at radius 2 is 2.20 bits per heavy atom. The van der Waals surface area contributed by atoms with Gasteiger partial charge in [-0.25, -0.2) is 0 Å². The molecule has 2 aromatic rings. The molecule has 2 atom stereocenters. The molecule has 0 amide bonds. The van der Waals surface area contributed by atoms with E-state index in [-0.39, 0.29) is 0 Å². The molecule has 0 bridgehead atoms. The first kappa shape index (κ1) is 13.7. The molecule has 1 aromatic heterocycles. The van der Waals surface area contributed by atoms with Gasteiger partial charge in [-0.3, -0.25) is 0 Å². The number of thiophene rings is 1. The molecule has 2 nitrogen and oxygen atoms in total. The molecule has 3 heteroatoms. The lowest BCUT2D eigenvalue weighted by Gasteiger charge is -2.20. The van der Waals surface area contributed by atoms with Gasteiger partial charge in [0, 0.05) is 21.8 Å². The van der Waals surface area contributed by atoms with Crippen molar-refractivity contribution in [1.29, 1.82) is 0 Å². The molecule has 20 heavy (non-hydrogen) atoms. The van der Waals surface area contributed by atoms with Gasteiger partial charge in [-0.05, 0) is 68.5 Å². The fourth-order valence-electron chi connectivity index (χ4n) is 3.08. The summed E-state index contributed by atoms with van der Waals surface area (Å²) in [5, 5.41) is 13.3. The molecule has 0 spiro atoms. The summed E-state index contributed by atoms with van der Waals surface area (Å²) < 4.78 is 0. The lowest BCUT2D eigenvalue weighted by molar-refractivity contribution is 0.452. The van der Waals surface area contributed by atoms with Gasteiger partial charge in [0.1, 0.15) is 5.75 Å². The van der Waals surface area contributed by atoms with Crippen molar-refractivity contribution >= 4 is 11.3 Å². The number of hydrogen-bond acceptors (Lipinski definition) is 3. The van der Waals surface area contributed by atoms with Gasteiger partial charge in [-0.15, -0.1) is 11.3 Å². The van der Waals surface area contributed by atoms with E-state index in [1.165, 1.54) is 20.9 Å². The zero-order valence-corrected chi connectivity index (χ0v) is 12.8. The molecular formula is C17H21NOS. The predicted molar refractivity (Wildman–Crippen MR) is 84.5 cm³/mol. The highest BCUT2D eigenvalue weighted by Gasteiger charge is 2.23. The second-order valence-corrected chi connectivity index (χ2v) is 7.13. The molecular weight excluding hydrogens is 266 g/mol. The smallest absolute Gasteiger partial charge is 0.115 e. The monoisotopic (exact) mass is 287 g/mol. The van der Waals surface area contributed by atoms with E-state index in [4.69, 9.17) is 0 Å². The first-order chi connectivity index (χ1) is 9.61. The average molecular weight is 287 g/mol. The molecule has 106 valence electrons. The molecule has 0 fully saturated rings. The predicted octanol–water partition coefficient (Wildman–Crippen LogP) is 3.97. The second-order valence-electron chi connectivity index (χ2n) is 5.76. The molecule has 2 unspecified atom stereocenters. The van der Waals surface area contributed by atoms with Gasteiger partial charge in [-0.1, -0.05) is 6.07 Å². The van der Waals surface area contributed by atoms with Crippen LogP contribution in [0.25, 0.3) is 0 Å². The molecule has 1 aromatic carbocycles. The number of phenolic OH excluding ortho intramolecular Hbond substituents is 1. The Bertz CT molecular complexity index is 605. The van der Waals surface area contributed by atoms with Crippen LogP contribution in [0.5, 0.6) is 5.75 Å². The summed E-state index contributed by atoms with van der Waals surface area (Å²) in [5.41, 5.74) is 2.65. The van der Waals surface area contributed by atoms with Gasteiger partial charge in [-0.2, -0.15) is 0 Å². The van der Waals surface area contributed by atoms with Crippen molar-refractivity contribution in [2.45, 2.75) is 45.2 Å². The largest absolute Gasteiger partial charge is 0.508 e. The first-order valence-corrected chi connectivity index (χ1v) is 8.06. The summed E-state index contributed by atoms with van der Waals surface area (Å²) in [6.45, 7) is 4.42. The number of aryl methyl sites for hydroxylation is 2. The fraction of sp³-hybridized carbons (Fsp3) is 0.412. The Balaban J connectivity index is 1.65. The highest BCUT2D eigenvalue weighted by atomic mass is 32.1. The standard InChI is InChI=1S/C17H21NOS/c1-11(9-15-6-3-12(2)20-15)18-17-8-4-13-10-14(19)5-7-16(13)17/h3,5-7,10-11,17-19H,4,8-9H2,1-2H3. The van der Waals surface area contributed by atoms with Crippen molar-refractivity contribution in [3.05, 3.63) is 51.2 Å². The molecule has 1 aliphatic rings. The highest BCUT2D eigenvalue weighted by Crippen LogP contribution is 2.33. The lowest BCUT2D eigenvalue weighted by atomic mass is 10.1. The molecule has 1 aliphatic carbocycles. The van der Waals surface area contributed by atoms with Crippen LogP contribution < -0.4 is 5.32 Å². The molecule has 1 heterocycles. The van der Waals surface area contributed by atoms with Gasteiger partial charge in [0.15, 0.2) is 0 Å². The van der Waals surface area contributed by atoms with E-state index in [0.29, 0.717) is 17.8 Å². The van der Waals surface area contributed by atoms with Crippen LogP contribution in [-0.2, 0) is 12.8 Å². The average Bonchev–Trinajstić information content (AvgIpc) is 2.96. The third kappa shape index (κ3) is 2.89. The Morgan fingerprint density at radius 3 is 2.95 bits per heavy atom. The molecule has 2 N–H and O–H groups in total. The van der Waals surface area contributed by atoms with Crippen molar-refractivity contribution < 1.29 is 5.11 Å². The Hall–Kier alpha value is -1.32. The summed E-state index contributed by atoms with van der Waals surface area (Å²) in [4.78, 5) is 2.83. The number of hydrogen-bond donors (Lipinski definition) is 2. The van der Waals surface area contributed by atoms with Gasteiger partial charge in [0.05, 0.1) is 0 Å². The van der Waals surface area contributed by atoms with Gasteiger partial charge < -0.3 is 10.4 Å². The fourth-order valence-corrected chi connectivity index (χ4v) is 4.10. The van der Waals surface area contributed by atoms with E-state index in [2.05, 4.69) is 37.4 Å². The minimum atomic E-state index is 0.381. The van der Waals surface area contributed by atoms with Crippen LogP contribution in [0.2, 0.25) is 0 Å². The third-order valence-corrected chi connectivity index (χ3v) is 5.02. The maximum Gasteiger partial charge on any atom is 0.115 e. The van der Waals surface area contributed by atoms with Crippen LogP contribution in [0.1, 0.15) is 40.3 Å². The van der Waals surface area contributed by atoms with Gasteiger partial charge in [0.2, 0.25) is 0 Å². The first-order valence-electron chi connectivity index (χ1n) is 7.25. The van der Waals surface area contributed by atoms with E-state index in [1.54, 1.807) is 6.07 Å². The van der Waals surface area contributed by atoms with Crippen LogP contribution >= 0.6 is 11.3 Å². The zero-order chi connectivity index (χ0) is 14.1. The summed E-state index contributed by atoms with van der Waals surface area (Å²) in [5.74, 6) is 0.381. The van der Waals surface area contributed by atoms with E-state index < -0.39 is 0 Å². The summed E-state index contributed by atoms with van der Waals surface area (Å²) >= 11 is 1.89. The van der Waals surface area contributed by atoms with Crippen molar-refractivity contribution in [1.82, 2.24) is 5.32 Å². The number of benzene rings is 1. The number of fused-ring (bicyclic) bond motifs is 1. The Kier molecular flexibility index (Phi) is 3.81. The van der Waals surface area contributed by atoms with Gasteiger partial charge in [0.25, 0.3) is 0 Å². The van der Waals surface area contributed by atoms with E-state index >= 15 is 0 Å². The van der Waals surface area contributed by atoms with Crippen molar-refractivity contribution in [3.63, 3.8) is 0 Å². The number of rotatable bonds is 4. The van der Waals surface area contributed by atoms with E-state index in [1.807, 2.05) is 17.4 Å². The second kappa shape index (κ2) is 5.58. The van der Waals surface area contributed by atoms with E-state index in [9.17, 15) is 5.11 Å². The van der Waals surface area contributed by atoms with Crippen molar-refractivity contribution in [3.8, 4) is 5.75 Å². The topological polar surface area (TPSA) is 32.3 Å². The molecule has 3 rings (SSSR count). The summed E-state index contributed by atoms with van der Waals surface area (Å²) in [6, 6.07) is 11.1. The van der Waals surface area contributed by atoms with Crippen LogP contribution in [0.15, 0.2) is 30.3 Å². The maximum atomic E-state index is 9.54. The van der Waals surface area contributed by atoms with Crippen molar-refractivity contribution in [2.75, 3.05) is 0 Å². The maximum absolute atomic E-state index is 9.54. The summed E-state index contributed by atoms with van der Waals surface area (Å²) in [7, 11) is 0. The minimum absolute atomic E-state index is 0.381. The molecule has 0 radical (unpaired) electrons. The van der Waals surface area contributed by atoms with Crippen LogP contribution in [0.4, 0.5) is 0 Å². The third-order valence-electron chi connectivity index (χ3n) is 3.99. The minimum Gasteiger partial charge on any atom is -0.508 e. The summed E-state index contributed by atoms with van der Waals surface area (Å²) in [6.07, 6.45) is 3.28. The molecule has 0 aliphatic heterocycles. The van der Waals surface area contributed by atoms with Crippen LogP contribution in [-0.4, -0.2) is 11.1 Å². The number of aromatic hydroxyl groups is 1. The zero-order valence-electron chi connectivity index (χ0n) is 12.0. The van der Waals surface area contributed by atoms with Crippen LogP contribution in [0.3, 0.4) is 0 Å². The Labute approximate surface area is 124 Å². The normalized spacial score (nSPS) is 19.0. The van der Waals surface area contributed by atoms with Crippen molar-refractivity contribution in [2.24, 2.45) is 0 Å². The SMILES string of the molecule is Cc1ccc(CC(C)NC2CCc3cc(O)ccc32)s1. The van der Waals surface area contributed by atoms with Gasteiger partial charge >= 0.3 is 0 Å². The number of phenols is 1. The molecule has 0 saturated carbocycles. The highest BCUT2D eigenvalue weighted by molar-refractivity contribution is 7.11. The lowest BCUT2D eigenvalue weighted by Crippen LogP contribution is -2.30.